The molecule has 0 amide bonds. The van der Waals surface area contributed by atoms with Crippen LogP contribution < -0.4 is 5.32 Å². The molecule has 0 radical (unpaired) electrons. The van der Waals surface area contributed by atoms with Gasteiger partial charge in [0.05, 0.1) is 25.0 Å². The molecule has 0 saturated carbocycles. The number of hydrogen-bond donors (Lipinski definition) is 1. The summed E-state index contributed by atoms with van der Waals surface area (Å²) in [4.78, 5) is 8.72. The summed E-state index contributed by atoms with van der Waals surface area (Å²) in [6.07, 6.45) is 4.60. The zero-order valence-corrected chi connectivity index (χ0v) is 11.6. The lowest BCUT2D eigenvalue weighted by Gasteiger charge is -2.05. The van der Waals surface area contributed by atoms with E-state index in [0.29, 0.717) is 6.61 Å². The summed E-state index contributed by atoms with van der Waals surface area (Å²) < 4.78 is 6.85. The maximum atomic E-state index is 5.02. The molecule has 0 unspecified atom stereocenters. The van der Waals surface area contributed by atoms with E-state index in [0.717, 1.165) is 36.0 Å². The molecule has 6 heteroatoms. The second-order valence-electron chi connectivity index (χ2n) is 4.26. The molecule has 0 spiro atoms. The minimum Gasteiger partial charge on any atom is -0.383 e. The van der Waals surface area contributed by atoms with Crippen LogP contribution >= 0.6 is 0 Å². The van der Waals surface area contributed by atoms with Crippen LogP contribution in [0, 0.1) is 6.92 Å². The van der Waals surface area contributed by atoms with Crippen molar-refractivity contribution in [1.29, 1.82) is 0 Å². The summed E-state index contributed by atoms with van der Waals surface area (Å²) in [7, 11) is 1.68. The number of hydrogen-bond acceptors (Lipinski definition) is 5. The van der Waals surface area contributed by atoms with Gasteiger partial charge in [-0.3, -0.25) is 4.68 Å². The summed E-state index contributed by atoms with van der Waals surface area (Å²) in [5.74, 6) is 1.57. The highest BCUT2D eigenvalue weighted by molar-refractivity contribution is 5.54. The standard InChI is InChI=1S/C13H19N5O/c1-4-11-7-13(16-10(2)15-11)17-12-8-14-18(9-12)5-6-19-3/h7-9H,4-6H2,1-3H3,(H,15,16,17). The van der Waals surface area contributed by atoms with E-state index in [9.17, 15) is 0 Å². The second kappa shape index (κ2) is 6.29. The van der Waals surface area contributed by atoms with Crippen molar-refractivity contribution in [3.8, 4) is 0 Å². The number of nitrogens with one attached hydrogen (secondary N) is 1. The van der Waals surface area contributed by atoms with Crippen LogP contribution in [0.4, 0.5) is 11.5 Å². The number of aromatic nitrogens is 4. The lowest BCUT2D eigenvalue weighted by atomic mass is 10.3. The Morgan fingerprint density at radius 1 is 1.37 bits per heavy atom. The fourth-order valence-electron chi connectivity index (χ4n) is 1.76. The lowest BCUT2D eigenvalue weighted by molar-refractivity contribution is 0.183. The average molecular weight is 261 g/mol. The molecule has 2 heterocycles. The van der Waals surface area contributed by atoms with E-state index in [4.69, 9.17) is 4.74 Å². The molecule has 0 fully saturated rings. The first-order valence-electron chi connectivity index (χ1n) is 6.34. The van der Waals surface area contributed by atoms with Gasteiger partial charge in [-0.2, -0.15) is 5.10 Å². The van der Waals surface area contributed by atoms with E-state index in [2.05, 4.69) is 27.3 Å². The van der Waals surface area contributed by atoms with Gasteiger partial charge in [-0.1, -0.05) is 6.92 Å². The molecule has 2 aromatic heterocycles. The van der Waals surface area contributed by atoms with Crippen LogP contribution in [0.2, 0.25) is 0 Å². The smallest absolute Gasteiger partial charge is 0.134 e. The summed E-state index contributed by atoms with van der Waals surface area (Å²) in [6, 6.07) is 1.96. The van der Waals surface area contributed by atoms with Gasteiger partial charge in [0, 0.05) is 25.1 Å². The van der Waals surface area contributed by atoms with Crippen LogP contribution in [0.25, 0.3) is 0 Å². The number of anilines is 2. The van der Waals surface area contributed by atoms with Gasteiger partial charge in [0.25, 0.3) is 0 Å². The highest BCUT2D eigenvalue weighted by atomic mass is 16.5. The van der Waals surface area contributed by atoms with Crippen LogP contribution in [0.1, 0.15) is 18.4 Å². The van der Waals surface area contributed by atoms with Crippen molar-refractivity contribution in [2.45, 2.75) is 26.8 Å². The normalized spacial score (nSPS) is 10.7. The first-order valence-corrected chi connectivity index (χ1v) is 6.34. The summed E-state index contributed by atoms with van der Waals surface area (Å²) in [6.45, 7) is 5.36. The van der Waals surface area contributed by atoms with Crippen LogP contribution in [0.5, 0.6) is 0 Å². The molecule has 0 aliphatic rings. The Labute approximate surface area is 112 Å². The van der Waals surface area contributed by atoms with Gasteiger partial charge < -0.3 is 10.1 Å². The largest absolute Gasteiger partial charge is 0.383 e. The van der Waals surface area contributed by atoms with Crippen molar-refractivity contribution in [1.82, 2.24) is 19.7 Å². The molecule has 0 atom stereocenters. The van der Waals surface area contributed by atoms with Crippen LogP contribution in [0.3, 0.4) is 0 Å². The van der Waals surface area contributed by atoms with Gasteiger partial charge >= 0.3 is 0 Å². The number of nitrogens with zero attached hydrogens (tertiary/aromatic N) is 4. The van der Waals surface area contributed by atoms with Gasteiger partial charge in [-0.25, -0.2) is 9.97 Å². The van der Waals surface area contributed by atoms with Crippen molar-refractivity contribution >= 4 is 11.5 Å². The van der Waals surface area contributed by atoms with Crippen molar-refractivity contribution in [2.75, 3.05) is 19.0 Å². The van der Waals surface area contributed by atoms with E-state index in [1.807, 2.05) is 23.9 Å². The summed E-state index contributed by atoms with van der Waals surface area (Å²) in [5.41, 5.74) is 1.94. The predicted molar refractivity (Wildman–Crippen MR) is 73.5 cm³/mol. The van der Waals surface area contributed by atoms with Crippen LogP contribution in [0.15, 0.2) is 18.5 Å². The molecule has 1 N–H and O–H groups in total. The molecule has 0 aromatic carbocycles. The minimum absolute atomic E-state index is 0.647. The quantitative estimate of drug-likeness (QED) is 0.860. The summed E-state index contributed by atoms with van der Waals surface area (Å²) >= 11 is 0. The lowest BCUT2D eigenvalue weighted by Crippen LogP contribution is -2.04. The van der Waals surface area contributed by atoms with E-state index in [1.165, 1.54) is 0 Å². The predicted octanol–water partition coefficient (Wildman–Crippen LogP) is 1.93. The Bertz CT molecular complexity index is 538. The molecule has 19 heavy (non-hydrogen) atoms. The first-order chi connectivity index (χ1) is 9.21. The van der Waals surface area contributed by atoms with E-state index in [1.54, 1.807) is 13.3 Å². The molecular weight excluding hydrogens is 242 g/mol. The zero-order chi connectivity index (χ0) is 13.7. The Morgan fingerprint density at radius 3 is 2.95 bits per heavy atom. The van der Waals surface area contributed by atoms with Gasteiger partial charge in [0.2, 0.25) is 0 Å². The second-order valence-corrected chi connectivity index (χ2v) is 4.26. The van der Waals surface area contributed by atoms with Gasteiger partial charge in [-0.05, 0) is 13.3 Å². The molecule has 2 aromatic rings. The van der Waals surface area contributed by atoms with Crippen molar-refractivity contribution in [2.24, 2.45) is 0 Å². The number of methoxy groups -OCH3 is 1. The topological polar surface area (TPSA) is 64.9 Å². The van der Waals surface area contributed by atoms with E-state index < -0.39 is 0 Å². The van der Waals surface area contributed by atoms with Gasteiger partial charge in [0.1, 0.15) is 11.6 Å². The average Bonchev–Trinajstić information content (AvgIpc) is 2.83. The third-order valence-electron chi connectivity index (χ3n) is 2.68. The Kier molecular flexibility index (Phi) is 4.46. The molecule has 102 valence electrons. The molecule has 0 bridgehead atoms. The summed E-state index contributed by atoms with van der Waals surface area (Å²) in [5, 5.41) is 7.49. The van der Waals surface area contributed by atoms with Crippen LogP contribution in [-0.2, 0) is 17.7 Å². The highest BCUT2D eigenvalue weighted by Crippen LogP contribution is 2.14. The monoisotopic (exact) mass is 261 g/mol. The van der Waals surface area contributed by atoms with Crippen molar-refractivity contribution in [3.63, 3.8) is 0 Å². The van der Waals surface area contributed by atoms with E-state index >= 15 is 0 Å². The number of aryl methyl sites for hydroxylation is 2. The molecule has 6 nitrogen and oxygen atoms in total. The first kappa shape index (κ1) is 13.5. The zero-order valence-electron chi connectivity index (χ0n) is 11.6. The Morgan fingerprint density at radius 2 is 2.21 bits per heavy atom. The Hall–Kier alpha value is -1.95. The fourth-order valence-corrected chi connectivity index (χ4v) is 1.76. The molecule has 0 saturated heterocycles. The van der Waals surface area contributed by atoms with Gasteiger partial charge in [0.15, 0.2) is 0 Å². The van der Waals surface area contributed by atoms with Crippen molar-refractivity contribution < 1.29 is 4.74 Å². The number of rotatable bonds is 6. The molecule has 2 rings (SSSR count). The van der Waals surface area contributed by atoms with Crippen molar-refractivity contribution in [3.05, 3.63) is 30.0 Å². The SMILES string of the molecule is CCc1cc(Nc2cnn(CCOC)c2)nc(C)n1. The number of ether oxygens (including phenoxy) is 1. The highest BCUT2D eigenvalue weighted by Gasteiger charge is 2.03. The minimum atomic E-state index is 0.647. The molecule has 0 aliphatic heterocycles. The third kappa shape index (κ3) is 3.75. The maximum absolute atomic E-state index is 5.02. The van der Waals surface area contributed by atoms with Gasteiger partial charge in [-0.15, -0.1) is 0 Å². The maximum Gasteiger partial charge on any atom is 0.134 e. The fraction of sp³-hybridized carbons (Fsp3) is 0.462. The Balaban J connectivity index is 2.08. The van der Waals surface area contributed by atoms with Crippen LogP contribution in [-0.4, -0.2) is 33.5 Å². The third-order valence-corrected chi connectivity index (χ3v) is 2.68. The van der Waals surface area contributed by atoms with E-state index in [-0.39, 0.29) is 0 Å². The molecule has 0 aliphatic carbocycles. The molecular formula is C13H19N5O.